The molecule has 0 aromatic heterocycles. The van der Waals surface area contributed by atoms with Crippen LogP contribution in [-0.4, -0.2) is 16.2 Å². The van der Waals surface area contributed by atoms with Crippen LogP contribution in [0.5, 0.6) is 0 Å². The van der Waals surface area contributed by atoms with Gasteiger partial charge in [-0.05, 0) is 23.1 Å². The summed E-state index contributed by atoms with van der Waals surface area (Å²) in [5.41, 5.74) is 2.46. The molecule has 0 fully saturated rings. The summed E-state index contributed by atoms with van der Waals surface area (Å²) in [6.45, 7) is 0. The van der Waals surface area contributed by atoms with Crippen molar-refractivity contribution in [3.05, 3.63) is 108 Å². The van der Waals surface area contributed by atoms with E-state index >= 15 is 0 Å². The number of hydrogen-bond acceptors (Lipinski definition) is 2. The second-order valence-corrected chi connectivity index (χ2v) is 6.41. The van der Waals surface area contributed by atoms with Crippen LogP contribution < -0.4 is 0 Å². The number of benzene rings is 3. The fraction of sp³-hybridized carbons (Fsp3) is 0.174. The number of aliphatic carboxylic acids is 1. The molecule has 0 saturated carbocycles. The molecule has 2 N–H and O–H groups in total. The predicted octanol–water partition coefficient (Wildman–Crippen LogP) is 4.76. The highest BCUT2D eigenvalue weighted by atomic mass is 16.4. The fourth-order valence-electron chi connectivity index (χ4n) is 3.42. The molecule has 0 unspecified atom stereocenters. The summed E-state index contributed by atoms with van der Waals surface area (Å²) in [5.74, 6) is -1.95. The summed E-state index contributed by atoms with van der Waals surface area (Å²) in [5, 5.41) is 20.7. The molecule has 26 heavy (non-hydrogen) atoms. The number of hydrogen-bond donors (Lipinski definition) is 2. The molecule has 0 radical (unpaired) electrons. The Kier molecular flexibility index (Phi) is 5.82. The molecule has 0 heterocycles. The van der Waals surface area contributed by atoms with Crippen LogP contribution in [0.3, 0.4) is 0 Å². The summed E-state index contributed by atoms with van der Waals surface area (Å²) in [7, 11) is 0. The molecular weight excluding hydrogens is 324 g/mol. The molecule has 3 nitrogen and oxygen atoms in total. The Morgan fingerprint density at radius 2 is 1.12 bits per heavy atom. The van der Waals surface area contributed by atoms with Crippen molar-refractivity contribution in [3.8, 4) is 0 Å². The van der Waals surface area contributed by atoms with E-state index in [9.17, 15) is 15.0 Å². The summed E-state index contributed by atoms with van der Waals surface area (Å²) in [4.78, 5) is 12.2. The van der Waals surface area contributed by atoms with Crippen molar-refractivity contribution in [1.82, 2.24) is 0 Å². The van der Waals surface area contributed by atoms with Gasteiger partial charge in [-0.1, -0.05) is 91.0 Å². The fourth-order valence-corrected chi connectivity index (χ4v) is 3.42. The van der Waals surface area contributed by atoms with E-state index in [0.717, 1.165) is 16.7 Å². The van der Waals surface area contributed by atoms with Crippen molar-refractivity contribution in [1.29, 1.82) is 0 Å². The SMILES string of the molecule is O=C(O)[C@@H](c1ccccc1)[C@@H](C[C@H](O)c1ccccc1)c1ccccc1. The average Bonchev–Trinajstić information content (AvgIpc) is 2.69. The van der Waals surface area contributed by atoms with Crippen LogP contribution in [0.1, 0.15) is 41.1 Å². The monoisotopic (exact) mass is 346 g/mol. The minimum Gasteiger partial charge on any atom is -0.481 e. The third-order valence-electron chi connectivity index (χ3n) is 4.72. The van der Waals surface area contributed by atoms with Gasteiger partial charge in [-0.3, -0.25) is 4.79 Å². The molecule has 132 valence electrons. The Bertz CT molecular complexity index is 816. The van der Waals surface area contributed by atoms with Crippen LogP contribution in [0.4, 0.5) is 0 Å². The van der Waals surface area contributed by atoms with Crippen molar-refractivity contribution in [2.45, 2.75) is 24.4 Å². The van der Waals surface area contributed by atoms with Gasteiger partial charge >= 0.3 is 5.97 Å². The van der Waals surface area contributed by atoms with Crippen molar-refractivity contribution in [2.75, 3.05) is 0 Å². The minimum atomic E-state index is -0.884. The van der Waals surface area contributed by atoms with Gasteiger partial charge in [-0.15, -0.1) is 0 Å². The maximum absolute atomic E-state index is 12.2. The first kappa shape index (κ1) is 17.9. The molecule has 3 atom stereocenters. The number of aliphatic hydroxyl groups is 1. The molecule has 0 aliphatic rings. The summed E-state index contributed by atoms with van der Waals surface area (Å²) >= 11 is 0. The number of rotatable bonds is 7. The van der Waals surface area contributed by atoms with Crippen molar-refractivity contribution >= 4 is 5.97 Å². The number of carbonyl (C=O) groups is 1. The zero-order valence-electron chi connectivity index (χ0n) is 14.4. The highest BCUT2D eigenvalue weighted by molar-refractivity contribution is 5.77. The highest BCUT2D eigenvalue weighted by Crippen LogP contribution is 2.39. The number of carboxylic acid groups (broad SMARTS) is 1. The lowest BCUT2D eigenvalue weighted by atomic mass is 9.77. The topological polar surface area (TPSA) is 57.5 Å². The van der Waals surface area contributed by atoms with Crippen LogP contribution in [0, 0.1) is 0 Å². The number of aliphatic hydroxyl groups excluding tert-OH is 1. The zero-order valence-corrected chi connectivity index (χ0v) is 14.4. The smallest absolute Gasteiger partial charge is 0.311 e. The van der Waals surface area contributed by atoms with Crippen LogP contribution in [0.2, 0.25) is 0 Å². The lowest BCUT2D eigenvalue weighted by Crippen LogP contribution is -2.22. The average molecular weight is 346 g/mol. The lowest BCUT2D eigenvalue weighted by molar-refractivity contribution is -0.139. The van der Waals surface area contributed by atoms with Crippen molar-refractivity contribution in [2.24, 2.45) is 0 Å². The Labute approximate surface area is 153 Å². The van der Waals surface area contributed by atoms with Crippen molar-refractivity contribution < 1.29 is 15.0 Å². The largest absolute Gasteiger partial charge is 0.481 e. The van der Waals surface area contributed by atoms with E-state index in [1.165, 1.54) is 0 Å². The first-order chi connectivity index (χ1) is 12.7. The van der Waals surface area contributed by atoms with Crippen LogP contribution in [-0.2, 0) is 4.79 Å². The van der Waals surface area contributed by atoms with E-state index in [4.69, 9.17) is 0 Å². The van der Waals surface area contributed by atoms with Crippen LogP contribution in [0.15, 0.2) is 91.0 Å². The maximum atomic E-state index is 12.2. The van der Waals surface area contributed by atoms with Crippen molar-refractivity contribution in [3.63, 3.8) is 0 Å². The summed E-state index contributed by atoms with van der Waals surface area (Å²) in [6, 6.07) is 28.2. The molecule has 3 aromatic rings. The van der Waals surface area contributed by atoms with Crippen LogP contribution in [0.25, 0.3) is 0 Å². The maximum Gasteiger partial charge on any atom is 0.311 e. The van der Waals surface area contributed by atoms with Gasteiger partial charge in [-0.2, -0.15) is 0 Å². The standard InChI is InChI=1S/C23H22O3/c24-21(18-12-6-2-7-13-18)16-20(17-10-4-1-5-11-17)22(23(25)26)19-14-8-3-9-15-19/h1-15,20-22,24H,16H2,(H,25,26)/t20-,21-,22-/m0/s1. The third-order valence-corrected chi connectivity index (χ3v) is 4.72. The van der Waals surface area contributed by atoms with Gasteiger partial charge < -0.3 is 10.2 Å². The van der Waals surface area contributed by atoms with Gasteiger partial charge in [0.1, 0.15) is 0 Å². The van der Waals surface area contributed by atoms with Gasteiger partial charge in [0.25, 0.3) is 0 Å². The van der Waals surface area contributed by atoms with E-state index in [2.05, 4.69) is 0 Å². The first-order valence-electron chi connectivity index (χ1n) is 8.72. The third kappa shape index (κ3) is 4.19. The Balaban J connectivity index is 1.99. The van der Waals surface area contributed by atoms with Crippen LogP contribution >= 0.6 is 0 Å². The molecule has 0 bridgehead atoms. The van der Waals surface area contributed by atoms with E-state index in [1.807, 2.05) is 91.0 Å². The predicted molar refractivity (Wildman–Crippen MR) is 102 cm³/mol. The van der Waals surface area contributed by atoms with E-state index in [-0.39, 0.29) is 5.92 Å². The molecule has 0 spiro atoms. The van der Waals surface area contributed by atoms with Gasteiger partial charge in [0, 0.05) is 5.92 Å². The van der Waals surface area contributed by atoms with Gasteiger partial charge in [0.2, 0.25) is 0 Å². The molecule has 0 aliphatic carbocycles. The summed E-state index contributed by atoms with van der Waals surface area (Å²) in [6.07, 6.45) is -0.396. The Morgan fingerprint density at radius 1 is 0.692 bits per heavy atom. The number of carboxylic acids is 1. The molecule has 3 rings (SSSR count). The second-order valence-electron chi connectivity index (χ2n) is 6.41. The first-order valence-corrected chi connectivity index (χ1v) is 8.72. The molecule has 0 amide bonds. The molecule has 0 aliphatic heterocycles. The molecule has 3 aromatic carbocycles. The van der Waals surface area contributed by atoms with E-state index in [0.29, 0.717) is 6.42 Å². The molecular formula is C23H22O3. The Hall–Kier alpha value is -2.91. The molecule has 3 heteroatoms. The minimum absolute atomic E-state index is 0.333. The lowest BCUT2D eigenvalue weighted by Gasteiger charge is -2.27. The van der Waals surface area contributed by atoms with E-state index < -0.39 is 18.0 Å². The van der Waals surface area contributed by atoms with Gasteiger partial charge in [0.05, 0.1) is 12.0 Å². The second kappa shape index (κ2) is 8.45. The van der Waals surface area contributed by atoms with E-state index in [1.54, 1.807) is 0 Å². The highest BCUT2D eigenvalue weighted by Gasteiger charge is 2.32. The van der Waals surface area contributed by atoms with Gasteiger partial charge in [0.15, 0.2) is 0 Å². The quantitative estimate of drug-likeness (QED) is 0.648. The zero-order chi connectivity index (χ0) is 18.4. The summed E-state index contributed by atoms with van der Waals surface area (Å²) < 4.78 is 0. The normalized spacial score (nSPS) is 14.3. The van der Waals surface area contributed by atoms with Gasteiger partial charge in [-0.25, -0.2) is 0 Å². The molecule has 0 saturated heterocycles. The Morgan fingerprint density at radius 3 is 1.58 bits per heavy atom.